The number of hydrogen-bond donors (Lipinski definition) is 0. The number of hydrogen-bond acceptors (Lipinski definition) is 2. The zero-order valence-electron chi connectivity index (χ0n) is 12.8. The van der Waals surface area contributed by atoms with Crippen molar-refractivity contribution >= 4 is 33.4 Å². The summed E-state index contributed by atoms with van der Waals surface area (Å²) >= 11 is 3.48. The van der Waals surface area contributed by atoms with E-state index in [1.54, 1.807) is 4.90 Å². The summed E-state index contributed by atoms with van der Waals surface area (Å²) in [7, 11) is 0. The van der Waals surface area contributed by atoms with Crippen LogP contribution in [0.4, 0.5) is 5.69 Å². The Morgan fingerprint density at radius 2 is 1.95 bits per heavy atom. The Labute approximate surface area is 139 Å². The first-order valence-electron chi connectivity index (χ1n) is 7.91. The van der Waals surface area contributed by atoms with Gasteiger partial charge in [-0.1, -0.05) is 15.9 Å². The van der Waals surface area contributed by atoms with Crippen LogP contribution in [0.15, 0.2) is 22.7 Å². The van der Waals surface area contributed by atoms with Crippen molar-refractivity contribution in [3.8, 4) is 0 Å². The van der Waals surface area contributed by atoms with Gasteiger partial charge in [-0.2, -0.15) is 0 Å². The second-order valence-corrected chi connectivity index (χ2v) is 7.08. The minimum atomic E-state index is -0.186. The first kappa shape index (κ1) is 15.5. The zero-order chi connectivity index (χ0) is 15.7. The Hall–Kier alpha value is -1.36. The molecule has 2 heterocycles. The molecule has 1 aromatic carbocycles. The average molecular weight is 365 g/mol. The molecule has 0 aliphatic carbocycles. The maximum absolute atomic E-state index is 12.6. The van der Waals surface area contributed by atoms with Gasteiger partial charge in [-0.3, -0.25) is 9.59 Å². The molecule has 5 heteroatoms. The Balaban J connectivity index is 1.72. The largest absolute Gasteiger partial charge is 0.342 e. The zero-order valence-corrected chi connectivity index (χ0v) is 14.4. The van der Waals surface area contributed by atoms with Gasteiger partial charge in [0.2, 0.25) is 11.8 Å². The molecule has 0 radical (unpaired) electrons. The second-order valence-electron chi connectivity index (χ2n) is 6.22. The summed E-state index contributed by atoms with van der Waals surface area (Å²) in [6, 6.07) is 5.89. The highest BCUT2D eigenvalue weighted by Gasteiger charge is 2.37. The number of anilines is 1. The molecule has 2 aliphatic heterocycles. The third-order valence-electron chi connectivity index (χ3n) is 4.60. The molecule has 2 fully saturated rings. The summed E-state index contributed by atoms with van der Waals surface area (Å²) < 4.78 is 1.03. The molecule has 2 aliphatic rings. The maximum atomic E-state index is 12.6. The van der Waals surface area contributed by atoms with E-state index in [0.29, 0.717) is 13.0 Å². The van der Waals surface area contributed by atoms with Crippen LogP contribution < -0.4 is 4.90 Å². The number of likely N-dealkylation sites (tertiary alicyclic amines) is 1. The molecular formula is C17H21BrN2O2. The first-order chi connectivity index (χ1) is 10.6. The minimum absolute atomic E-state index is 0.0529. The van der Waals surface area contributed by atoms with Crippen molar-refractivity contribution < 1.29 is 9.59 Å². The molecular weight excluding hydrogens is 344 g/mol. The number of amides is 2. The fourth-order valence-electron chi connectivity index (χ4n) is 3.29. The predicted molar refractivity (Wildman–Crippen MR) is 89.8 cm³/mol. The molecule has 0 aromatic heterocycles. The number of carbonyl (C=O) groups excluding carboxylic acids is 2. The summed E-state index contributed by atoms with van der Waals surface area (Å²) in [5.41, 5.74) is 1.98. The monoisotopic (exact) mass is 364 g/mol. The number of rotatable bonds is 2. The van der Waals surface area contributed by atoms with Crippen molar-refractivity contribution in [2.24, 2.45) is 5.92 Å². The highest BCUT2D eigenvalue weighted by molar-refractivity contribution is 9.10. The lowest BCUT2D eigenvalue weighted by Crippen LogP contribution is -2.40. The van der Waals surface area contributed by atoms with E-state index in [-0.39, 0.29) is 17.7 Å². The van der Waals surface area contributed by atoms with E-state index in [4.69, 9.17) is 0 Å². The van der Waals surface area contributed by atoms with Crippen LogP contribution in [0.25, 0.3) is 0 Å². The maximum Gasteiger partial charge on any atom is 0.228 e. The van der Waals surface area contributed by atoms with Gasteiger partial charge in [0, 0.05) is 36.2 Å². The fourth-order valence-corrected chi connectivity index (χ4v) is 3.54. The molecule has 2 saturated heterocycles. The predicted octanol–water partition coefficient (Wildman–Crippen LogP) is 3.12. The van der Waals surface area contributed by atoms with Crippen molar-refractivity contribution in [2.75, 3.05) is 24.5 Å². The molecule has 3 rings (SSSR count). The summed E-state index contributed by atoms with van der Waals surface area (Å²) in [5.74, 6) is 0.0241. The van der Waals surface area contributed by atoms with Crippen LogP contribution >= 0.6 is 15.9 Å². The van der Waals surface area contributed by atoms with E-state index in [1.807, 2.05) is 30.0 Å². The van der Waals surface area contributed by atoms with Crippen LogP contribution in [0.1, 0.15) is 31.2 Å². The summed E-state index contributed by atoms with van der Waals surface area (Å²) in [4.78, 5) is 28.6. The van der Waals surface area contributed by atoms with Gasteiger partial charge in [0.1, 0.15) is 0 Å². The van der Waals surface area contributed by atoms with Gasteiger partial charge in [0.05, 0.1) is 5.92 Å². The Bertz CT molecular complexity index is 596. The average Bonchev–Trinajstić information content (AvgIpc) is 2.92. The molecule has 22 heavy (non-hydrogen) atoms. The van der Waals surface area contributed by atoms with E-state index in [0.717, 1.165) is 41.7 Å². The first-order valence-corrected chi connectivity index (χ1v) is 8.71. The standard InChI is InChI=1S/C17H21BrN2O2/c1-12-9-14(5-6-15(12)18)20-11-13(10-16(20)21)17(22)19-7-3-2-4-8-19/h5-6,9,13H,2-4,7-8,10-11H2,1H3. The summed E-state index contributed by atoms with van der Waals surface area (Å²) in [6.45, 7) is 4.21. The van der Waals surface area contributed by atoms with Crippen LogP contribution in [-0.4, -0.2) is 36.3 Å². The Morgan fingerprint density at radius 1 is 1.23 bits per heavy atom. The molecule has 4 nitrogen and oxygen atoms in total. The van der Waals surface area contributed by atoms with Gasteiger partial charge < -0.3 is 9.80 Å². The van der Waals surface area contributed by atoms with E-state index in [1.165, 1.54) is 6.42 Å². The van der Waals surface area contributed by atoms with Crippen molar-refractivity contribution in [1.82, 2.24) is 4.90 Å². The molecule has 1 aromatic rings. The molecule has 1 unspecified atom stereocenters. The van der Waals surface area contributed by atoms with Crippen LogP contribution in [0.2, 0.25) is 0 Å². The van der Waals surface area contributed by atoms with E-state index >= 15 is 0 Å². The van der Waals surface area contributed by atoms with E-state index in [2.05, 4.69) is 15.9 Å². The molecule has 118 valence electrons. The fraction of sp³-hybridized carbons (Fsp3) is 0.529. The molecule has 0 spiro atoms. The number of aryl methyl sites for hydroxylation is 1. The molecule has 0 N–H and O–H groups in total. The van der Waals surface area contributed by atoms with Gasteiger partial charge in [-0.15, -0.1) is 0 Å². The van der Waals surface area contributed by atoms with Gasteiger partial charge in [0.15, 0.2) is 0 Å². The molecule has 0 bridgehead atoms. The smallest absolute Gasteiger partial charge is 0.228 e. The third-order valence-corrected chi connectivity index (χ3v) is 5.48. The summed E-state index contributed by atoms with van der Waals surface area (Å²) in [5, 5.41) is 0. The summed E-state index contributed by atoms with van der Waals surface area (Å²) in [6.07, 6.45) is 3.71. The topological polar surface area (TPSA) is 40.6 Å². The lowest BCUT2D eigenvalue weighted by atomic mass is 10.0. The number of piperidine rings is 1. The normalized spacial score (nSPS) is 22.3. The van der Waals surface area contributed by atoms with Gasteiger partial charge >= 0.3 is 0 Å². The minimum Gasteiger partial charge on any atom is -0.342 e. The van der Waals surface area contributed by atoms with Crippen LogP contribution in [-0.2, 0) is 9.59 Å². The number of halogens is 1. The van der Waals surface area contributed by atoms with Gasteiger partial charge in [0.25, 0.3) is 0 Å². The second kappa shape index (κ2) is 6.41. The van der Waals surface area contributed by atoms with Crippen LogP contribution in [0.5, 0.6) is 0 Å². The van der Waals surface area contributed by atoms with Crippen LogP contribution in [0.3, 0.4) is 0 Å². The highest BCUT2D eigenvalue weighted by Crippen LogP contribution is 2.29. The molecule has 2 amide bonds. The number of benzene rings is 1. The molecule has 1 atom stereocenters. The lowest BCUT2D eigenvalue weighted by Gasteiger charge is -2.29. The number of nitrogens with zero attached hydrogens (tertiary/aromatic N) is 2. The van der Waals surface area contributed by atoms with Crippen molar-refractivity contribution in [3.05, 3.63) is 28.2 Å². The molecule has 0 saturated carbocycles. The van der Waals surface area contributed by atoms with Crippen LogP contribution in [0, 0.1) is 12.8 Å². The van der Waals surface area contributed by atoms with Crippen molar-refractivity contribution in [2.45, 2.75) is 32.6 Å². The third kappa shape index (κ3) is 3.05. The van der Waals surface area contributed by atoms with Gasteiger partial charge in [-0.25, -0.2) is 0 Å². The highest BCUT2D eigenvalue weighted by atomic mass is 79.9. The van der Waals surface area contributed by atoms with Crippen molar-refractivity contribution in [3.63, 3.8) is 0 Å². The SMILES string of the molecule is Cc1cc(N2CC(C(=O)N3CCCCC3)CC2=O)ccc1Br. The Morgan fingerprint density at radius 3 is 2.64 bits per heavy atom. The Kier molecular flexibility index (Phi) is 4.52. The van der Waals surface area contributed by atoms with E-state index < -0.39 is 0 Å². The number of carbonyl (C=O) groups is 2. The van der Waals surface area contributed by atoms with Gasteiger partial charge in [-0.05, 0) is 49.9 Å². The quantitative estimate of drug-likeness (QED) is 0.808. The van der Waals surface area contributed by atoms with E-state index in [9.17, 15) is 9.59 Å². The van der Waals surface area contributed by atoms with Crippen molar-refractivity contribution in [1.29, 1.82) is 0 Å². The lowest BCUT2D eigenvalue weighted by molar-refractivity contribution is -0.136.